The molecule has 2 aromatic rings. The average molecular weight is 342 g/mol. The lowest BCUT2D eigenvalue weighted by molar-refractivity contribution is -0.146. The van der Waals surface area contributed by atoms with Crippen molar-refractivity contribution in [3.8, 4) is 0 Å². The molecule has 1 heterocycles. The van der Waals surface area contributed by atoms with Gasteiger partial charge in [-0.25, -0.2) is 4.79 Å². The van der Waals surface area contributed by atoms with Gasteiger partial charge in [0.05, 0.1) is 11.9 Å². The van der Waals surface area contributed by atoms with Gasteiger partial charge in [-0.1, -0.05) is 12.1 Å². The van der Waals surface area contributed by atoms with Crippen LogP contribution in [0.5, 0.6) is 0 Å². The van der Waals surface area contributed by atoms with Gasteiger partial charge in [-0.15, -0.1) is 0 Å². The summed E-state index contributed by atoms with van der Waals surface area (Å²) in [4.78, 5) is 25.5. The molecule has 5 nitrogen and oxygen atoms in total. The molecule has 1 aliphatic carbocycles. The first-order valence-electron chi connectivity index (χ1n) is 7.76. The summed E-state index contributed by atoms with van der Waals surface area (Å²) in [6, 6.07) is 6.63. The highest BCUT2D eigenvalue weighted by Gasteiger charge is 2.32. The molecule has 0 bridgehead atoms. The van der Waals surface area contributed by atoms with Crippen molar-refractivity contribution in [3.63, 3.8) is 0 Å². The van der Waals surface area contributed by atoms with Crippen LogP contribution in [0.4, 0.5) is 13.2 Å². The fourth-order valence-electron chi connectivity index (χ4n) is 2.59. The first-order chi connectivity index (χ1) is 11.3. The Kier molecular flexibility index (Phi) is 4.38. The van der Waals surface area contributed by atoms with E-state index in [1.807, 2.05) is 0 Å². The molecule has 130 valence electrons. The van der Waals surface area contributed by atoms with Gasteiger partial charge in [0.1, 0.15) is 6.54 Å². The van der Waals surface area contributed by atoms with E-state index in [4.69, 9.17) is 4.42 Å². The normalized spacial score (nSPS) is 15.0. The zero-order valence-corrected chi connectivity index (χ0v) is 12.9. The number of aromatic nitrogens is 1. The molecule has 1 aliphatic rings. The van der Waals surface area contributed by atoms with Crippen LogP contribution in [-0.4, -0.2) is 34.6 Å². The molecule has 0 radical (unpaired) electrons. The van der Waals surface area contributed by atoms with Crippen LogP contribution in [-0.2, 0) is 11.3 Å². The average Bonchev–Trinajstić information content (AvgIpc) is 3.27. The minimum atomic E-state index is -4.32. The van der Waals surface area contributed by atoms with Crippen LogP contribution in [0.15, 0.2) is 33.5 Å². The lowest BCUT2D eigenvalue weighted by Crippen LogP contribution is -2.39. The van der Waals surface area contributed by atoms with Gasteiger partial charge in [0.15, 0.2) is 5.58 Å². The molecule has 1 fully saturated rings. The lowest BCUT2D eigenvalue weighted by Gasteiger charge is -2.23. The van der Waals surface area contributed by atoms with Gasteiger partial charge in [-0.3, -0.25) is 9.36 Å². The maximum atomic E-state index is 12.5. The molecule has 0 N–H and O–H groups in total. The smallest absolute Gasteiger partial charge is 0.408 e. The number of carbonyl (C=O) groups is 1. The number of hydrogen-bond acceptors (Lipinski definition) is 3. The van der Waals surface area contributed by atoms with Crippen LogP contribution >= 0.6 is 0 Å². The summed E-state index contributed by atoms with van der Waals surface area (Å²) in [5, 5.41) is 0. The quantitative estimate of drug-likeness (QED) is 0.811. The van der Waals surface area contributed by atoms with Crippen molar-refractivity contribution in [1.82, 2.24) is 9.47 Å². The molecule has 3 rings (SSSR count). The molecule has 0 saturated heterocycles. The van der Waals surface area contributed by atoms with Gasteiger partial charge in [0.25, 0.3) is 0 Å². The van der Waals surface area contributed by atoms with Crippen molar-refractivity contribution in [2.45, 2.75) is 32.0 Å². The molecule has 0 spiro atoms. The SMILES string of the molecule is O=C(Cn1c(=O)oc2ccccc21)N(CCC(F)(F)F)CC1CC1. The zero-order valence-electron chi connectivity index (χ0n) is 12.9. The minimum absolute atomic E-state index is 0.264. The fraction of sp³-hybridized carbons (Fsp3) is 0.500. The third-order valence-corrected chi connectivity index (χ3v) is 4.06. The monoisotopic (exact) mass is 342 g/mol. The summed E-state index contributed by atoms with van der Waals surface area (Å²) in [7, 11) is 0. The van der Waals surface area contributed by atoms with E-state index >= 15 is 0 Å². The number of oxazole rings is 1. The van der Waals surface area contributed by atoms with Crippen molar-refractivity contribution >= 4 is 17.0 Å². The number of nitrogens with zero attached hydrogens (tertiary/aromatic N) is 2. The zero-order chi connectivity index (χ0) is 17.3. The highest BCUT2D eigenvalue weighted by atomic mass is 19.4. The second kappa shape index (κ2) is 6.33. The van der Waals surface area contributed by atoms with Crippen LogP contribution in [0.2, 0.25) is 0 Å². The molecule has 0 aliphatic heterocycles. The Hall–Kier alpha value is -2.25. The highest BCUT2D eigenvalue weighted by molar-refractivity contribution is 5.79. The van der Waals surface area contributed by atoms with E-state index in [0.29, 0.717) is 17.6 Å². The number of hydrogen-bond donors (Lipinski definition) is 0. The largest absolute Gasteiger partial charge is 0.420 e. The minimum Gasteiger partial charge on any atom is -0.408 e. The third kappa shape index (κ3) is 3.98. The summed E-state index contributed by atoms with van der Waals surface area (Å²) < 4.78 is 43.6. The van der Waals surface area contributed by atoms with Gasteiger partial charge >= 0.3 is 11.9 Å². The maximum absolute atomic E-state index is 12.5. The molecular weight excluding hydrogens is 325 g/mol. The molecule has 1 aromatic heterocycles. The second-order valence-electron chi connectivity index (χ2n) is 6.07. The Bertz CT molecular complexity index is 790. The van der Waals surface area contributed by atoms with E-state index in [-0.39, 0.29) is 19.0 Å². The van der Waals surface area contributed by atoms with Crippen LogP contribution in [0.3, 0.4) is 0 Å². The molecule has 24 heavy (non-hydrogen) atoms. The first-order valence-corrected chi connectivity index (χ1v) is 7.76. The highest BCUT2D eigenvalue weighted by Crippen LogP contribution is 2.30. The van der Waals surface area contributed by atoms with Crippen LogP contribution in [0, 0.1) is 5.92 Å². The number of fused-ring (bicyclic) bond motifs is 1. The van der Waals surface area contributed by atoms with Gasteiger partial charge in [0.2, 0.25) is 5.91 Å². The molecule has 1 saturated carbocycles. The summed E-state index contributed by atoms with van der Waals surface area (Å²) in [6.45, 7) is -0.400. The van der Waals surface area contributed by atoms with Gasteiger partial charge in [-0.05, 0) is 30.9 Å². The predicted octanol–water partition coefficient (Wildman–Crippen LogP) is 2.79. The number of alkyl halides is 3. The Balaban J connectivity index is 1.76. The van der Waals surface area contributed by atoms with E-state index < -0.39 is 24.3 Å². The Morgan fingerprint density at radius 2 is 2.00 bits per heavy atom. The van der Waals surface area contributed by atoms with Crippen molar-refractivity contribution in [1.29, 1.82) is 0 Å². The molecule has 8 heteroatoms. The number of para-hydroxylation sites is 2. The van der Waals surface area contributed by atoms with Gasteiger partial charge in [0, 0.05) is 13.1 Å². The fourth-order valence-corrected chi connectivity index (χ4v) is 2.59. The molecule has 1 aromatic carbocycles. The molecule has 0 atom stereocenters. The first kappa shape index (κ1) is 16.6. The van der Waals surface area contributed by atoms with Crippen molar-refractivity contribution in [3.05, 3.63) is 34.8 Å². The van der Waals surface area contributed by atoms with E-state index in [1.54, 1.807) is 24.3 Å². The summed E-state index contributed by atoms with van der Waals surface area (Å²) in [5.41, 5.74) is 0.803. The third-order valence-electron chi connectivity index (χ3n) is 4.06. The summed E-state index contributed by atoms with van der Waals surface area (Å²) >= 11 is 0. The maximum Gasteiger partial charge on any atom is 0.420 e. The number of rotatable bonds is 6. The summed E-state index contributed by atoms with van der Waals surface area (Å²) in [6.07, 6.45) is -3.53. The topological polar surface area (TPSA) is 55.5 Å². The lowest BCUT2D eigenvalue weighted by atomic mass is 10.3. The number of amides is 1. The van der Waals surface area contributed by atoms with Gasteiger partial charge in [-0.2, -0.15) is 13.2 Å². The van der Waals surface area contributed by atoms with E-state index in [2.05, 4.69) is 0 Å². The Morgan fingerprint density at radius 1 is 1.29 bits per heavy atom. The van der Waals surface area contributed by atoms with Crippen molar-refractivity contribution in [2.75, 3.05) is 13.1 Å². The Morgan fingerprint density at radius 3 is 2.67 bits per heavy atom. The van der Waals surface area contributed by atoms with Crippen LogP contribution < -0.4 is 5.76 Å². The van der Waals surface area contributed by atoms with Gasteiger partial charge < -0.3 is 9.32 Å². The van der Waals surface area contributed by atoms with Crippen LogP contribution in [0.1, 0.15) is 19.3 Å². The number of carbonyl (C=O) groups excluding carboxylic acids is 1. The van der Waals surface area contributed by atoms with E-state index in [1.165, 1.54) is 4.90 Å². The summed E-state index contributed by atoms with van der Waals surface area (Å²) in [5.74, 6) is -0.924. The standard InChI is InChI=1S/C16H17F3N2O3/c17-16(18,19)7-8-20(9-11-5-6-11)14(22)10-21-12-3-1-2-4-13(12)24-15(21)23/h1-4,11H,5-10H2. The van der Waals surface area contributed by atoms with Crippen molar-refractivity contribution in [2.24, 2.45) is 5.92 Å². The van der Waals surface area contributed by atoms with E-state index in [0.717, 1.165) is 17.4 Å². The van der Waals surface area contributed by atoms with Crippen molar-refractivity contribution < 1.29 is 22.4 Å². The van der Waals surface area contributed by atoms with Crippen LogP contribution in [0.25, 0.3) is 11.1 Å². The molecule has 0 unspecified atom stereocenters. The van der Waals surface area contributed by atoms with E-state index in [9.17, 15) is 22.8 Å². The molecule has 1 amide bonds. The number of halogens is 3. The molecular formula is C16H17F3N2O3. The number of benzene rings is 1. The Labute approximate surface area is 135 Å². The predicted molar refractivity (Wildman–Crippen MR) is 80.5 cm³/mol. The second-order valence-corrected chi connectivity index (χ2v) is 6.07.